The minimum atomic E-state index is -2.76. The third-order valence-corrected chi connectivity index (χ3v) is 7.36. The number of carboxylic acids is 2. The van der Waals surface area contributed by atoms with Gasteiger partial charge in [0.1, 0.15) is 18.0 Å². The first-order chi connectivity index (χ1) is 21.1. The van der Waals surface area contributed by atoms with Gasteiger partial charge in [-0.15, -0.1) is 0 Å². The summed E-state index contributed by atoms with van der Waals surface area (Å²) in [6, 6.07) is 25.4. The average Bonchev–Trinajstić information content (AvgIpc) is 3.49. The van der Waals surface area contributed by atoms with Gasteiger partial charge in [-0.1, -0.05) is 60.7 Å². The van der Waals surface area contributed by atoms with Crippen LogP contribution in [0, 0.1) is 0 Å². The Kier molecular flexibility index (Phi) is 10.7. The Morgan fingerprint density at radius 3 is 2.11 bits per heavy atom. The molecule has 1 fully saturated rings. The lowest BCUT2D eigenvalue weighted by atomic mass is 9.85. The number of carbonyl (C=O) groups is 4. The van der Waals surface area contributed by atoms with Crippen molar-refractivity contribution < 1.29 is 48.3 Å². The molecule has 2 N–H and O–H groups in total. The first-order valence-electron chi connectivity index (χ1n) is 14.3. The van der Waals surface area contributed by atoms with E-state index in [-0.39, 0.29) is 6.61 Å². The van der Waals surface area contributed by atoms with E-state index in [1.54, 1.807) is 19.1 Å². The molecule has 232 valence electrons. The van der Waals surface area contributed by atoms with Crippen molar-refractivity contribution in [3.05, 3.63) is 96.1 Å². The number of carboxylic acid groups (broad SMARTS) is 2. The zero-order valence-corrected chi connectivity index (χ0v) is 24.5. The summed E-state index contributed by atoms with van der Waals surface area (Å²) in [5.74, 6) is -7.14. The van der Waals surface area contributed by atoms with Gasteiger partial charge in [-0.2, -0.15) is 0 Å². The number of hydrogen-bond acceptors (Lipinski definition) is 8. The highest BCUT2D eigenvalue weighted by atomic mass is 16.8. The number of ether oxygens (including phenoxy) is 4. The van der Waals surface area contributed by atoms with Crippen molar-refractivity contribution in [3.8, 4) is 11.5 Å². The third kappa shape index (κ3) is 7.61. The molecule has 1 heterocycles. The van der Waals surface area contributed by atoms with Gasteiger partial charge in [-0.3, -0.25) is 9.59 Å². The van der Waals surface area contributed by atoms with E-state index in [4.69, 9.17) is 18.9 Å². The first kappa shape index (κ1) is 32.2. The standard InChI is InChI=1S/C33H35NO10/c1-3-41-32(40)33(42-21-28(44-33)30(37)38)31(39)34(20-29(35)36)22(2)27(19-14-23-10-6-4-7-11-23)24-15-17-26(18-16-24)43-25-12-8-5-9-13-25/h4-13,15-18,22,27-28H,3,14,19-21H2,1-2H3,(H,35,36)(H,37,38)/t22-,27+,28-,33?/m1/s1. The zero-order valence-electron chi connectivity index (χ0n) is 24.5. The lowest BCUT2D eigenvalue weighted by molar-refractivity contribution is -0.219. The van der Waals surface area contributed by atoms with E-state index in [2.05, 4.69) is 0 Å². The molecule has 0 radical (unpaired) electrons. The van der Waals surface area contributed by atoms with Gasteiger partial charge in [0.2, 0.25) is 0 Å². The molecular formula is C33H35NO10. The maximum Gasteiger partial charge on any atom is 0.377 e. The van der Waals surface area contributed by atoms with Crippen molar-refractivity contribution in [1.82, 2.24) is 4.90 Å². The first-order valence-corrected chi connectivity index (χ1v) is 14.3. The molecule has 11 heteroatoms. The number of amides is 1. The van der Waals surface area contributed by atoms with Crippen LogP contribution in [-0.2, 0) is 39.8 Å². The van der Waals surface area contributed by atoms with Crippen LogP contribution in [0.3, 0.4) is 0 Å². The Morgan fingerprint density at radius 2 is 1.55 bits per heavy atom. The number of carbonyl (C=O) groups excluding carboxylic acids is 2. The largest absolute Gasteiger partial charge is 0.480 e. The highest BCUT2D eigenvalue weighted by molar-refractivity contribution is 6.06. The van der Waals surface area contributed by atoms with Crippen molar-refractivity contribution >= 4 is 23.8 Å². The lowest BCUT2D eigenvalue weighted by Crippen LogP contribution is -2.60. The molecule has 1 aliphatic rings. The SMILES string of the molecule is CCOC(=O)C1(C(=O)N(CC(=O)O)[C@H](C)[C@H](CCc2ccccc2)c2ccc(Oc3ccccc3)cc2)OC[C@H](C(=O)O)O1. The van der Waals surface area contributed by atoms with Crippen molar-refractivity contribution in [3.63, 3.8) is 0 Å². The predicted molar refractivity (Wildman–Crippen MR) is 157 cm³/mol. The second kappa shape index (κ2) is 14.6. The second-order valence-corrected chi connectivity index (χ2v) is 10.3. The number of nitrogens with zero attached hydrogens (tertiary/aromatic N) is 1. The summed E-state index contributed by atoms with van der Waals surface area (Å²) in [5, 5.41) is 19.3. The van der Waals surface area contributed by atoms with Gasteiger partial charge in [0.05, 0.1) is 13.2 Å². The second-order valence-electron chi connectivity index (χ2n) is 10.3. The number of para-hydroxylation sites is 1. The molecule has 4 rings (SSSR count). The summed E-state index contributed by atoms with van der Waals surface area (Å²) in [5.41, 5.74) is 1.83. The molecule has 0 saturated carbocycles. The summed E-state index contributed by atoms with van der Waals surface area (Å²) in [7, 11) is 0. The van der Waals surface area contributed by atoms with Crippen molar-refractivity contribution in [2.45, 2.75) is 50.5 Å². The predicted octanol–water partition coefficient (Wildman–Crippen LogP) is 4.26. The van der Waals surface area contributed by atoms with Crippen molar-refractivity contribution in [1.29, 1.82) is 0 Å². The van der Waals surface area contributed by atoms with Crippen LogP contribution < -0.4 is 4.74 Å². The Labute approximate surface area is 254 Å². The molecule has 3 aromatic carbocycles. The molecule has 1 aliphatic heterocycles. The van der Waals surface area contributed by atoms with E-state index in [1.165, 1.54) is 6.92 Å². The smallest absolute Gasteiger partial charge is 0.377 e. The van der Waals surface area contributed by atoms with Crippen LogP contribution in [0.1, 0.15) is 37.3 Å². The van der Waals surface area contributed by atoms with Gasteiger partial charge in [-0.05, 0) is 62.1 Å². The minimum absolute atomic E-state index is 0.149. The Balaban J connectivity index is 1.69. The van der Waals surface area contributed by atoms with Crippen LogP contribution in [0.25, 0.3) is 0 Å². The Bertz CT molecular complexity index is 1430. The van der Waals surface area contributed by atoms with Gasteiger partial charge in [-0.25, -0.2) is 9.59 Å². The maximum atomic E-state index is 14.1. The van der Waals surface area contributed by atoms with Crippen LogP contribution in [0.15, 0.2) is 84.9 Å². The van der Waals surface area contributed by atoms with Gasteiger partial charge < -0.3 is 34.1 Å². The fourth-order valence-corrected chi connectivity index (χ4v) is 5.13. The average molecular weight is 606 g/mol. The van der Waals surface area contributed by atoms with Crippen LogP contribution in [0.4, 0.5) is 0 Å². The number of benzene rings is 3. The van der Waals surface area contributed by atoms with Gasteiger partial charge in [0, 0.05) is 12.0 Å². The summed E-state index contributed by atoms with van der Waals surface area (Å²) in [4.78, 5) is 51.8. The lowest BCUT2D eigenvalue weighted by Gasteiger charge is -2.38. The van der Waals surface area contributed by atoms with Crippen LogP contribution >= 0.6 is 0 Å². The normalized spacial score (nSPS) is 19.0. The van der Waals surface area contributed by atoms with Crippen molar-refractivity contribution in [2.75, 3.05) is 19.8 Å². The summed E-state index contributed by atoms with van der Waals surface area (Å²) in [6.07, 6.45) is -0.527. The van der Waals surface area contributed by atoms with Gasteiger partial charge in [0.15, 0.2) is 6.10 Å². The third-order valence-electron chi connectivity index (χ3n) is 7.36. The maximum absolute atomic E-state index is 14.1. The summed E-state index contributed by atoms with van der Waals surface area (Å²) >= 11 is 0. The van der Waals surface area contributed by atoms with E-state index < -0.39 is 60.8 Å². The van der Waals surface area contributed by atoms with E-state index in [0.29, 0.717) is 24.3 Å². The van der Waals surface area contributed by atoms with E-state index in [9.17, 15) is 29.4 Å². The fraction of sp³-hybridized carbons (Fsp3) is 0.333. The zero-order chi connectivity index (χ0) is 31.7. The molecule has 4 atom stereocenters. The Hall–Kier alpha value is -4.74. The number of hydrogen-bond donors (Lipinski definition) is 2. The molecule has 0 aromatic heterocycles. The number of rotatable bonds is 14. The van der Waals surface area contributed by atoms with Crippen LogP contribution in [-0.4, -0.2) is 76.6 Å². The van der Waals surface area contributed by atoms with E-state index in [0.717, 1.165) is 16.0 Å². The van der Waals surface area contributed by atoms with E-state index in [1.807, 2.05) is 72.8 Å². The number of esters is 1. The molecule has 11 nitrogen and oxygen atoms in total. The quantitative estimate of drug-likeness (QED) is 0.202. The Morgan fingerprint density at radius 1 is 0.932 bits per heavy atom. The molecule has 0 spiro atoms. The molecular weight excluding hydrogens is 570 g/mol. The number of aryl methyl sites for hydroxylation is 1. The molecule has 1 amide bonds. The number of aliphatic carboxylic acids is 2. The molecule has 1 unspecified atom stereocenters. The fourth-order valence-electron chi connectivity index (χ4n) is 5.13. The molecule has 44 heavy (non-hydrogen) atoms. The van der Waals surface area contributed by atoms with E-state index >= 15 is 0 Å². The molecule has 3 aromatic rings. The highest BCUT2D eigenvalue weighted by Gasteiger charge is 2.60. The molecule has 1 saturated heterocycles. The van der Waals surface area contributed by atoms with Gasteiger partial charge in [0.25, 0.3) is 5.91 Å². The molecule has 0 bridgehead atoms. The van der Waals surface area contributed by atoms with Gasteiger partial charge >= 0.3 is 23.7 Å². The summed E-state index contributed by atoms with van der Waals surface area (Å²) < 4.78 is 21.8. The summed E-state index contributed by atoms with van der Waals surface area (Å²) in [6.45, 7) is 1.62. The monoisotopic (exact) mass is 605 g/mol. The van der Waals surface area contributed by atoms with Crippen LogP contribution in [0.5, 0.6) is 11.5 Å². The topological polar surface area (TPSA) is 149 Å². The van der Waals surface area contributed by atoms with Crippen molar-refractivity contribution in [2.24, 2.45) is 0 Å². The van der Waals surface area contributed by atoms with Crippen LogP contribution in [0.2, 0.25) is 0 Å². The molecule has 0 aliphatic carbocycles. The minimum Gasteiger partial charge on any atom is -0.480 e. The highest BCUT2D eigenvalue weighted by Crippen LogP contribution is 2.35.